The Morgan fingerprint density at radius 2 is 2.24 bits per heavy atom. The summed E-state index contributed by atoms with van der Waals surface area (Å²) in [7, 11) is 0. The standard InChI is InChI=1S/C14H23NOS/c1-4-15(11-12(2)3)9-5-7-13(16)14-8-6-10-17-14/h6,8,10,12H,4-5,7,9,11H2,1-3H3. The molecule has 0 aliphatic carbocycles. The van der Waals surface area contributed by atoms with Gasteiger partial charge in [0.25, 0.3) is 0 Å². The van der Waals surface area contributed by atoms with Crippen LogP contribution in [0.5, 0.6) is 0 Å². The molecular weight excluding hydrogens is 230 g/mol. The minimum Gasteiger partial charge on any atom is -0.303 e. The van der Waals surface area contributed by atoms with E-state index in [1.165, 1.54) is 0 Å². The molecule has 2 nitrogen and oxygen atoms in total. The number of nitrogens with zero attached hydrogens (tertiary/aromatic N) is 1. The van der Waals surface area contributed by atoms with E-state index < -0.39 is 0 Å². The Labute approximate surface area is 109 Å². The van der Waals surface area contributed by atoms with E-state index in [0.717, 1.165) is 30.9 Å². The van der Waals surface area contributed by atoms with Crippen molar-refractivity contribution in [2.24, 2.45) is 5.92 Å². The zero-order valence-corrected chi connectivity index (χ0v) is 11.9. The van der Waals surface area contributed by atoms with Gasteiger partial charge >= 0.3 is 0 Å². The van der Waals surface area contributed by atoms with Crippen molar-refractivity contribution in [1.82, 2.24) is 4.90 Å². The van der Waals surface area contributed by atoms with Crippen LogP contribution in [-0.4, -0.2) is 30.3 Å². The van der Waals surface area contributed by atoms with Crippen molar-refractivity contribution in [1.29, 1.82) is 0 Å². The van der Waals surface area contributed by atoms with Gasteiger partial charge in [-0.25, -0.2) is 0 Å². The lowest BCUT2D eigenvalue weighted by Gasteiger charge is -2.22. The lowest BCUT2D eigenvalue weighted by atomic mass is 10.1. The van der Waals surface area contributed by atoms with Gasteiger partial charge in [0.2, 0.25) is 0 Å². The Kier molecular flexibility index (Phi) is 6.45. The number of hydrogen-bond acceptors (Lipinski definition) is 3. The first-order chi connectivity index (χ1) is 8.13. The van der Waals surface area contributed by atoms with Gasteiger partial charge in [-0.2, -0.15) is 0 Å². The number of Topliss-reactive ketones (excluding diaryl/α,β-unsaturated/α-hetero) is 1. The van der Waals surface area contributed by atoms with Crippen molar-refractivity contribution >= 4 is 17.1 Å². The van der Waals surface area contributed by atoms with E-state index in [1.807, 2.05) is 17.5 Å². The Morgan fingerprint density at radius 1 is 1.47 bits per heavy atom. The number of thiophene rings is 1. The van der Waals surface area contributed by atoms with Gasteiger partial charge in [-0.1, -0.05) is 26.8 Å². The maximum Gasteiger partial charge on any atom is 0.172 e. The van der Waals surface area contributed by atoms with Crippen molar-refractivity contribution in [3.63, 3.8) is 0 Å². The summed E-state index contributed by atoms with van der Waals surface area (Å²) >= 11 is 1.54. The van der Waals surface area contributed by atoms with Gasteiger partial charge in [-0.05, 0) is 36.9 Å². The molecule has 0 unspecified atom stereocenters. The fourth-order valence-electron chi connectivity index (χ4n) is 1.92. The molecule has 0 aliphatic rings. The quantitative estimate of drug-likeness (QED) is 0.659. The van der Waals surface area contributed by atoms with Crippen LogP contribution >= 0.6 is 11.3 Å². The number of carbonyl (C=O) groups excluding carboxylic acids is 1. The van der Waals surface area contributed by atoms with Crippen LogP contribution in [0.1, 0.15) is 43.3 Å². The van der Waals surface area contributed by atoms with Crippen molar-refractivity contribution in [2.45, 2.75) is 33.6 Å². The van der Waals surface area contributed by atoms with Crippen LogP contribution in [0.2, 0.25) is 0 Å². The zero-order valence-electron chi connectivity index (χ0n) is 11.1. The lowest BCUT2D eigenvalue weighted by molar-refractivity contribution is 0.0978. The minimum absolute atomic E-state index is 0.292. The Hall–Kier alpha value is -0.670. The van der Waals surface area contributed by atoms with Crippen LogP contribution in [0.4, 0.5) is 0 Å². The van der Waals surface area contributed by atoms with E-state index in [4.69, 9.17) is 0 Å². The number of hydrogen-bond donors (Lipinski definition) is 0. The first kappa shape index (κ1) is 14.4. The number of rotatable bonds is 8. The molecule has 0 saturated carbocycles. The van der Waals surface area contributed by atoms with Crippen molar-refractivity contribution < 1.29 is 4.79 Å². The summed E-state index contributed by atoms with van der Waals surface area (Å²) in [4.78, 5) is 15.1. The van der Waals surface area contributed by atoms with E-state index in [1.54, 1.807) is 11.3 Å². The van der Waals surface area contributed by atoms with Gasteiger partial charge < -0.3 is 4.90 Å². The molecular formula is C14H23NOS. The predicted octanol–water partition coefficient (Wildman–Crippen LogP) is 3.69. The Balaban J connectivity index is 2.24. The normalized spacial score (nSPS) is 11.4. The first-order valence-electron chi connectivity index (χ1n) is 6.42. The molecule has 0 spiro atoms. The molecule has 0 fully saturated rings. The van der Waals surface area contributed by atoms with Crippen molar-refractivity contribution in [3.05, 3.63) is 22.4 Å². The second kappa shape index (κ2) is 7.62. The highest BCUT2D eigenvalue weighted by Crippen LogP contribution is 2.12. The van der Waals surface area contributed by atoms with E-state index in [-0.39, 0.29) is 0 Å². The fraction of sp³-hybridized carbons (Fsp3) is 0.643. The average Bonchev–Trinajstić information content (AvgIpc) is 2.80. The summed E-state index contributed by atoms with van der Waals surface area (Å²) in [5, 5.41) is 1.96. The van der Waals surface area contributed by atoms with E-state index in [9.17, 15) is 4.79 Å². The summed E-state index contributed by atoms with van der Waals surface area (Å²) in [6.07, 6.45) is 1.65. The largest absolute Gasteiger partial charge is 0.303 e. The third-order valence-electron chi connectivity index (χ3n) is 2.74. The van der Waals surface area contributed by atoms with Crippen LogP contribution in [0, 0.1) is 5.92 Å². The minimum atomic E-state index is 0.292. The highest BCUT2D eigenvalue weighted by atomic mass is 32.1. The highest BCUT2D eigenvalue weighted by Gasteiger charge is 2.09. The fourth-order valence-corrected chi connectivity index (χ4v) is 2.61. The molecule has 1 aromatic heterocycles. The lowest BCUT2D eigenvalue weighted by Crippen LogP contribution is -2.28. The van der Waals surface area contributed by atoms with Crippen LogP contribution in [-0.2, 0) is 0 Å². The maximum absolute atomic E-state index is 11.8. The van der Waals surface area contributed by atoms with Crippen molar-refractivity contribution in [3.8, 4) is 0 Å². The molecule has 3 heteroatoms. The molecule has 0 bridgehead atoms. The Morgan fingerprint density at radius 3 is 2.76 bits per heavy atom. The third kappa shape index (κ3) is 5.46. The van der Waals surface area contributed by atoms with Gasteiger partial charge in [0, 0.05) is 13.0 Å². The van der Waals surface area contributed by atoms with Gasteiger partial charge in [0.05, 0.1) is 4.88 Å². The molecule has 0 aliphatic heterocycles. The van der Waals surface area contributed by atoms with Gasteiger partial charge in [0.1, 0.15) is 0 Å². The second-order valence-corrected chi connectivity index (χ2v) is 5.74. The molecule has 0 radical (unpaired) electrons. The van der Waals surface area contributed by atoms with Crippen molar-refractivity contribution in [2.75, 3.05) is 19.6 Å². The molecule has 1 rings (SSSR count). The summed E-state index contributed by atoms with van der Waals surface area (Å²) in [6, 6.07) is 3.85. The SMILES string of the molecule is CCN(CCCC(=O)c1cccs1)CC(C)C. The monoisotopic (exact) mass is 253 g/mol. The van der Waals surface area contributed by atoms with Gasteiger partial charge in [-0.3, -0.25) is 4.79 Å². The number of ketones is 1. The van der Waals surface area contributed by atoms with Gasteiger partial charge in [0.15, 0.2) is 5.78 Å². The van der Waals surface area contributed by atoms with E-state index in [2.05, 4.69) is 25.7 Å². The second-order valence-electron chi connectivity index (χ2n) is 4.79. The van der Waals surface area contributed by atoms with Crippen LogP contribution in [0.3, 0.4) is 0 Å². The molecule has 0 saturated heterocycles. The maximum atomic E-state index is 11.8. The molecule has 0 amide bonds. The third-order valence-corrected chi connectivity index (χ3v) is 3.66. The molecule has 1 aromatic rings. The van der Waals surface area contributed by atoms with E-state index in [0.29, 0.717) is 18.1 Å². The summed E-state index contributed by atoms with van der Waals surface area (Å²) in [5.74, 6) is 0.989. The Bertz CT molecular complexity index is 319. The van der Waals surface area contributed by atoms with Crippen LogP contribution < -0.4 is 0 Å². The summed E-state index contributed by atoms with van der Waals surface area (Å²) in [6.45, 7) is 9.89. The average molecular weight is 253 g/mol. The zero-order chi connectivity index (χ0) is 12.7. The summed E-state index contributed by atoms with van der Waals surface area (Å²) < 4.78 is 0. The molecule has 0 N–H and O–H groups in total. The number of carbonyl (C=O) groups is 1. The highest BCUT2D eigenvalue weighted by molar-refractivity contribution is 7.12. The van der Waals surface area contributed by atoms with Gasteiger partial charge in [-0.15, -0.1) is 11.3 Å². The molecule has 0 aromatic carbocycles. The first-order valence-corrected chi connectivity index (χ1v) is 7.30. The van der Waals surface area contributed by atoms with Crippen LogP contribution in [0.15, 0.2) is 17.5 Å². The smallest absolute Gasteiger partial charge is 0.172 e. The predicted molar refractivity (Wildman–Crippen MR) is 74.8 cm³/mol. The van der Waals surface area contributed by atoms with Crippen LogP contribution in [0.25, 0.3) is 0 Å². The molecule has 17 heavy (non-hydrogen) atoms. The topological polar surface area (TPSA) is 20.3 Å². The molecule has 1 heterocycles. The summed E-state index contributed by atoms with van der Waals surface area (Å²) in [5.41, 5.74) is 0. The van der Waals surface area contributed by atoms with E-state index >= 15 is 0 Å². The molecule has 0 atom stereocenters. The molecule has 96 valence electrons.